The third kappa shape index (κ3) is 3.96. The number of nitrogens with one attached hydrogen (secondary N) is 1. The van der Waals surface area contributed by atoms with E-state index in [1.165, 1.54) is 11.0 Å². The fourth-order valence-corrected chi connectivity index (χ4v) is 2.31. The number of urea groups is 1. The number of nitrogens with zero attached hydrogens (tertiary/aromatic N) is 2. The predicted octanol–water partition coefficient (Wildman–Crippen LogP) is 3.23. The summed E-state index contributed by atoms with van der Waals surface area (Å²) in [5.41, 5.74) is -0.0757. The van der Waals surface area contributed by atoms with Crippen LogP contribution >= 0.6 is 34.8 Å². The van der Waals surface area contributed by atoms with Gasteiger partial charge in [-0.05, 0) is 19.9 Å². The van der Waals surface area contributed by atoms with Crippen molar-refractivity contribution in [3.05, 3.63) is 27.0 Å². The van der Waals surface area contributed by atoms with Crippen LogP contribution in [-0.2, 0) is 0 Å². The number of hydrogen-bond donors (Lipinski definition) is 1. The number of hydrogen-bond acceptors (Lipinski definition) is 3. The zero-order chi connectivity index (χ0) is 14.6. The number of carbonyl (C=O) groups excluding carboxylic acids is 2. The van der Waals surface area contributed by atoms with Crippen molar-refractivity contribution in [3.8, 4) is 0 Å². The average molecular weight is 325 g/mol. The predicted molar refractivity (Wildman–Crippen MR) is 75.1 cm³/mol. The van der Waals surface area contributed by atoms with Crippen molar-refractivity contribution in [2.24, 2.45) is 0 Å². The molecule has 0 unspecified atom stereocenters. The van der Waals surface area contributed by atoms with Gasteiger partial charge in [-0.1, -0.05) is 34.8 Å². The molecule has 0 aliphatic heterocycles. The lowest BCUT2D eigenvalue weighted by molar-refractivity contribution is 0.0953. The second-order valence-electron chi connectivity index (χ2n) is 3.52. The maximum atomic E-state index is 11.9. The topological polar surface area (TPSA) is 62.3 Å². The van der Waals surface area contributed by atoms with Gasteiger partial charge in [-0.25, -0.2) is 9.78 Å². The van der Waals surface area contributed by atoms with Gasteiger partial charge in [0.05, 0.1) is 10.6 Å². The van der Waals surface area contributed by atoms with E-state index in [1.54, 1.807) is 13.8 Å². The monoisotopic (exact) mass is 323 g/mol. The molecule has 0 atom stereocenters. The number of pyridine rings is 1. The molecule has 0 saturated carbocycles. The summed E-state index contributed by atoms with van der Waals surface area (Å²) in [6, 6.07) is 0.767. The Kier molecular flexibility index (Phi) is 5.85. The molecule has 1 aromatic heterocycles. The molecular formula is C11H12Cl3N3O2. The Bertz CT molecular complexity index is 481. The summed E-state index contributed by atoms with van der Waals surface area (Å²) in [6.45, 7) is 4.57. The van der Waals surface area contributed by atoms with Crippen molar-refractivity contribution < 1.29 is 9.59 Å². The minimum atomic E-state index is -0.712. The van der Waals surface area contributed by atoms with Gasteiger partial charge < -0.3 is 4.90 Å². The molecule has 0 spiro atoms. The fourth-order valence-electron chi connectivity index (χ4n) is 1.41. The highest BCUT2D eigenvalue weighted by Crippen LogP contribution is 2.25. The molecular weight excluding hydrogens is 312 g/mol. The molecule has 0 radical (unpaired) electrons. The Morgan fingerprint density at radius 2 is 1.84 bits per heavy atom. The Labute approximate surface area is 125 Å². The third-order valence-electron chi connectivity index (χ3n) is 2.39. The number of imide groups is 1. The normalized spacial score (nSPS) is 10.2. The molecule has 0 aliphatic carbocycles. The van der Waals surface area contributed by atoms with E-state index >= 15 is 0 Å². The molecule has 3 amide bonds. The molecule has 1 rings (SSSR count). The average Bonchev–Trinajstić information content (AvgIpc) is 2.28. The largest absolute Gasteiger partial charge is 0.325 e. The molecule has 19 heavy (non-hydrogen) atoms. The zero-order valence-electron chi connectivity index (χ0n) is 10.3. The van der Waals surface area contributed by atoms with E-state index in [9.17, 15) is 9.59 Å². The lowest BCUT2D eigenvalue weighted by Crippen LogP contribution is -2.42. The first-order chi connectivity index (χ1) is 8.90. The van der Waals surface area contributed by atoms with Gasteiger partial charge in [0.25, 0.3) is 5.91 Å². The molecule has 1 N–H and O–H groups in total. The summed E-state index contributed by atoms with van der Waals surface area (Å²) < 4.78 is 0. The lowest BCUT2D eigenvalue weighted by atomic mass is 10.2. The van der Waals surface area contributed by atoms with Crippen LogP contribution in [0.4, 0.5) is 4.79 Å². The highest BCUT2D eigenvalue weighted by Gasteiger charge is 2.21. The molecule has 8 heteroatoms. The highest BCUT2D eigenvalue weighted by atomic mass is 35.5. The van der Waals surface area contributed by atoms with E-state index in [0.29, 0.717) is 13.1 Å². The van der Waals surface area contributed by atoms with Gasteiger partial charge in [0, 0.05) is 13.1 Å². The third-order valence-corrected chi connectivity index (χ3v) is 3.16. The van der Waals surface area contributed by atoms with Gasteiger partial charge in [-0.3, -0.25) is 10.1 Å². The minimum Gasteiger partial charge on any atom is -0.325 e. The van der Waals surface area contributed by atoms with E-state index in [-0.39, 0.29) is 20.9 Å². The SMILES string of the molecule is CCN(CC)C(=O)NC(=O)c1c(Cl)cc(Cl)nc1Cl. The summed E-state index contributed by atoms with van der Waals surface area (Å²) in [7, 11) is 0. The van der Waals surface area contributed by atoms with Crippen molar-refractivity contribution in [2.45, 2.75) is 13.8 Å². The molecule has 0 aliphatic rings. The van der Waals surface area contributed by atoms with Crippen molar-refractivity contribution in [2.75, 3.05) is 13.1 Å². The van der Waals surface area contributed by atoms with Crippen LogP contribution in [0, 0.1) is 0 Å². The summed E-state index contributed by atoms with van der Waals surface area (Å²) in [5.74, 6) is -0.712. The summed E-state index contributed by atoms with van der Waals surface area (Å²) in [6.07, 6.45) is 0. The van der Waals surface area contributed by atoms with Crippen LogP contribution in [-0.4, -0.2) is 34.9 Å². The number of aromatic nitrogens is 1. The van der Waals surface area contributed by atoms with E-state index in [4.69, 9.17) is 34.8 Å². The standard InChI is InChI=1S/C11H12Cl3N3O2/c1-3-17(4-2)11(19)16-10(18)8-6(12)5-7(13)15-9(8)14/h5H,3-4H2,1-2H3,(H,16,18,19). The summed E-state index contributed by atoms with van der Waals surface area (Å²) >= 11 is 17.3. The molecule has 0 aromatic carbocycles. The van der Waals surface area contributed by atoms with E-state index in [0.717, 1.165) is 0 Å². The van der Waals surface area contributed by atoms with Gasteiger partial charge in [-0.15, -0.1) is 0 Å². The van der Waals surface area contributed by atoms with Crippen molar-refractivity contribution in [1.82, 2.24) is 15.2 Å². The van der Waals surface area contributed by atoms with Gasteiger partial charge in [0.15, 0.2) is 0 Å². The molecule has 104 valence electrons. The molecule has 0 saturated heterocycles. The zero-order valence-corrected chi connectivity index (χ0v) is 12.6. The number of amides is 3. The second kappa shape index (κ2) is 6.93. The minimum absolute atomic E-state index is 0.0369. The lowest BCUT2D eigenvalue weighted by Gasteiger charge is -2.18. The number of rotatable bonds is 3. The van der Waals surface area contributed by atoms with Crippen LogP contribution in [0.15, 0.2) is 6.07 Å². The van der Waals surface area contributed by atoms with Crippen molar-refractivity contribution in [3.63, 3.8) is 0 Å². The first-order valence-corrected chi connectivity index (χ1v) is 6.65. The molecule has 0 fully saturated rings. The Balaban J connectivity index is 2.93. The van der Waals surface area contributed by atoms with E-state index in [1.807, 2.05) is 0 Å². The number of halogens is 3. The van der Waals surface area contributed by atoms with Crippen LogP contribution in [0.2, 0.25) is 15.3 Å². The van der Waals surface area contributed by atoms with Crippen LogP contribution in [0.5, 0.6) is 0 Å². The summed E-state index contributed by atoms with van der Waals surface area (Å²) in [5, 5.41) is 2.15. The van der Waals surface area contributed by atoms with Gasteiger partial charge in [0.2, 0.25) is 0 Å². The maximum absolute atomic E-state index is 11.9. The molecule has 1 heterocycles. The molecule has 1 aromatic rings. The Hall–Kier alpha value is -1.04. The van der Waals surface area contributed by atoms with Gasteiger partial charge in [-0.2, -0.15) is 0 Å². The first kappa shape index (κ1) is 16.0. The van der Waals surface area contributed by atoms with Crippen molar-refractivity contribution >= 4 is 46.7 Å². The number of carbonyl (C=O) groups is 2. The molecule has 0 bridgehead atoms. The van der Waals surface area contributed by atoms with Crippen LogP contribution in [0.1, 0.15) is 24.2 Å². The Morgan fingerprint density at radius 3 is 2.32 bits per heavy atom. The van der Waals surface area contributed by atoms with E-state index in [2.05, 4.69) is 10.3 Å². The van der Waals surface area contributed by atoms with Crippen molar-refractivity contribution in [1.29, 1.82) is 0 Å². The van der Waals surface area contributed by atoms with Crippen LogP contribution < -0.4 is 5.32 Å². The van der Waals surface area contributed by atoms with E-state index < -0.39 is 11.9 Å². The quantitative estimate of drug-likeness (QED) is 0.868. The maximum Gasteiger partial charge on any atom is 0.324 e. The van der Waals surface area contributed by atoms with Crippen LogP contribution in [0.3, 0.4) is 0 Å². The second-order valence-corrected chi connectivity index (χ2v) is 4.68. The molecule has 5 nitrogen and oxygen atoms in total. The highest BCUT2D eigenvalue weighted by molar-refractivity contribution is 6.41. The Morgan fingerprint density at radius 1 is 1.26 bits per heavy atom. The van der Waals surface area contributed by atoms with Gasteiger partial charge in [0.1, 0.15) is 10.3 Å². The summed E-state index contributed by atoms with van der Waals surface area (Å²) in [4.78, 5) is 28.8. The fraction of sp³-hybridized carbons (Fsp3) is 0.364. The smallest absolute Gasteiger partial charge is 0.324 e. The first-order valence-electron chi connectivity index (χ1n) is 5.52. The van der Waals surface area contributed by atoms with Crippen LogP contribution in [0.25, 0.3) is 0 Å². The van der Waals surface area contributed by atoms with Gasteiger partial charge >= 0.3 is 6.03 Å².